The Labute approximate surface area is 72.0 Å². The van der Waals surface area contributed by atoms with Crippen molar-refractivity contribution in [2.75, 3.05) is 6.26 Å². The summed E-state index contributed by atoms with van der Waals surface area (Å²) in [5, 5.41) is 0.462. The summed E-state index contributed by atoms with van der Waals surface area (Å²) in [4.78, 5) is 0. The first-order valence-electron chi connectivity index (χ1n) is 4.45. The van der Waals surface area contributed by atoms with Crippen molar-refractivity contribution in [1.29, 1.82) is 0 Å². The van der Waals surface area contributed by atoms with E-state index in [1.807, 2.05) is 6.26 Å². The SMILES string of the molecule is CC1CCCC(C)C1S(C)=O. The first kappa shape index (κ1) is 9.24. The van der Waals surface area contributed by atoms with Gasteiger partial charge in [0, 0.05) is 22.3 Å². The Morgan fingerprint density at radius 1 is 1.18 bits per heavy atom. The van der Waals surface area contributed by atoms with Crippen LogP contribution in [0.5, 0.6) is 0 Å². The molecule has 66 valence electrons. The lowest BCUT2D eigenvalue weighted by Crippen LogP contribution is -2.33. The highest BCUT2D eigenvalue weighted by Gasteiger charge is 2.30. The Balaban J connectivity index is 2.62. The van der Waals surface area contributed by atoms with Gasteiger partial charge in [0.05, 0.1) is 0 Å². The molecule has 1 aliphatic carbocycles. The van der Waals surface area contributed by atoms with E-state index in [4.69, 9.17) is 0 Å². The van der Waals surface area contributed by atoms with Crippen LogP contribution in [0.3, 0.4) is 0 Å². The smallest absolute Gasteiger partial charge is 0.0396 e. The average molecular weight is 174 g/mol. The molecule has 0 heterocycles. The molecule has 1 fully saturated rings. The standard InChI is InChI=1S/C9H18OS/c1-7-5-4-6-8(2)9(7)11(3)10/h7-9H,4-6H2,1-3H3. The monoisotopic (exact) mass is 174 g/mol. The number of hydrogen-bond acceptors (Lipinski definition) is 1. The molecule has 1 nitrogen and oxygen atoms in total. The summed E-state index contributed by atoms with van der Waals surface area (Å²) in [6.45, 7) is 4.48. The number of hydrogen-bond donors (Lipinski definition) is 0. The molecule has 0 aliphatic heterocycles. The molecule has 0 aromatic heterocycles. The zero-order valence-corrected chi connectivity index (χ0v) is 8.49. The third-order valence-corrected chi connectivity index (χ3v) is 4.52. The maximum absolute atomic E-state index is 11.3. The summed E-state index contributed by atoms with van der Waals surface area (Å²) in [6, 6.07) is 0. The van der Waals surface area contributed by atoms with Crippen LogP contribution in [0.25, 0.3) is 0 Å². The van der Waals surface area contributed by atoms with E-state index >= 15 is 0 Å². The van der Waals surface area contributed by atoms with Gasteiger partial charge in [0.15, 0.2) is 0 Å². The van der Waals surface area contributed by atoms with Crippen molar-refractivity contribution < 1.29 is 4.21 Å². The third-order valence-electron chi connectivity index (χ3n) is 2.82. The lowest BCUT2D eigenvalue weighted by molar-refractivity contribution is 0.309. The Bertz CT molecular complexity index is 146. The largest absolute Gasteiger partial charge is 0.260 e. The van der Waals surface area contributed by atoms with Crippen molar-refractivity contribution in [1.82, 2.24) is 0 Å². The Morgan fingerprint density at radius 3 is 1.91 bits per heavy atom. The van der Waals surface area contributed by atoms with Crippen molar-refractivity contribution in [3.05, 3.63) is 0 Å². The first-order chi connectivity index (χ1) is 5.13. The summed E-state index contributed by atoms with van der Waals surface area (Å²) >= 11 is 0. The van der Waals surface area contributed by atoms with E-state index in [1.54, 1.807) is 0 Å². The second kappa shape index (κ2) is 3.70. The molecule has 3 atom stereocenters. The molecule has 0 N–H and O–H groups in total. The van der Waals surface area contributed by atoms with Crippen LogP contribution in [-0.4, -0.2) is 15.7 Å². The minimum atomic E-state index is -0.612. The molecular weight excluding hydrogens is 156 g/mol. The Kier molecular flexibility index (Phi) is 3.11. The first-order valence-corrected chi connectivity index (χ1v) is 6.07. The topological polar surface area (TPSA) is 17.1 Å². The fourth-order valence-electron chi connectivity index (χ4n) is 2.31. The zero-order valence-electron chi connectivity index (χ0n) is 7.67. The average Bonchev–Trinajstić information content (AvgIpc) is 1.85. The minimum absolute atomic E-state index is 0.462. The van der Waals surface area contributed by atoms with Crippen molar-refractivity contribution >= 4 is 10.8 Å². The second-order valence-corrected chi connectivity index (χ2v) is 5.39. The molecule has 0 spiro atoms. The molecule has 1 saturated carbocycles. The molecule has 0 bridgehead atoms. The van der Waals surface area contributed by atoms with Gasteiger partial charge in [-0.05, 0) is 24.7 Å². The summed E-state index contributed by atoms with van der Waals surface area (Å²) in [6.07, 6.45) is 5.72. The van der Waals surface area contributed by atoms with Crippen LogP contribution < -0.4 is 0 Å². The number of rotatable bonds is 1. The second-order valence-electron chi connectivity index (χ2n) is 3.85. The molecule has 0 radical (unpaired) electrons. The maximum Gasteiger partial charge on any atom is 0.0396 e. The maximum atomic E-state index is 11.3. The van der Waals surface area contributed by atoms with E-state index in [0.717, 1.165) is 0 Å². The van der Waals surface area contributed by atoms with E-state index in [-0.39, 0.29) is 0 Å². The third kappa shape index (κ3) is 2.05. The fraction of sp³-hybridized carbons (Fsp3) is 1.00. The van der Waals surface area contributed by atoms with E-state index in [0.29, 0.717) is 17.1 Å². The van der Waals surface area contributed by atoms with Crippen molar-refractivity contribution in [2.45, 2.75) is 38.4 Å². The van der Waals surface area contributed by atoms with E-state index in [9.17, 15) is 4.21 Å². The van der Waals surface area contributed by atoms with Gasteiger partial charge < -0.3 is 0 Å². The molecule has 0 saturated heterocycles. The van der Waals surface area contributed by atoms with Crippen LogP contribution >= 0.6 is 0 Å². The lowest BCUT2D eigenvalue weighted by Gasteiger charge is -2.32. The highest BCUT2D eigenvalue weighted by molar-refractivity contribution is 7.84. The molecule has 1 aliphatic rings. The molecule has 0 aromatic rings. The predicted octanol–water partition coefficient (Wildman–Crippen LogP) is 2.19. The normalized spacial score (nSPS) is 41.9. The fourth-order valence-corrected chi connectivity index (χ4v) is 3.89. The van der Waals surface area contributed by atoms with Gasteiger partial charge in [-0.2, -0.15) is 0 Å². The molecule has 2 heteroatoms. The molecule has 0 amide bonds. The van der Waals surface area contributed by atoms with Crippen LogP contribution in [0.15, 0.2) is 0 Å². The van der Waals surface area contributed by atoms with Crippen molar-refractivity contribution in [3.8, 4) is 0 Å². The van der Waals surface area contributed by atoms with E-state index < -0.39 is 10.8 Å². The lowest BCUT2D eigenvalue weighted by atomic mass is 9.83. The van der Waals surface area contributed by atoms with Crippen LogP contribution in [0, 0.1) is 11.8 Å². The van der Waals surface area contributed by atoms with Gasteiger partial charge in [-0.1, -0.05) is 20.3 Å². The van der Waals surface area contributed by atoms with Gasteiger partial charge >= 0.3 is 0 Å². The highest BCUT2D eigenvalue weighted by atomic mass is 32.2. The van der Waals surface area contributed by atoms with Crippen LogP contribution in [0.4, 0.5) is 0 Å². The van der Waals surface area contributed by atoms with Gasteiger partial charge in [-0.15, -0.1) is 0 Å². The molecule has 1 rings (SSSR count). The van der Waals surface area contributed by atoms with Gasteiger partial charge in [0.2, 0.25) is 0 Å². The summed E-state index contributed by atoms with van der Waals surface area (Å²) < 4.78 is 11.3. The van der Waals surface area contributed by atoms with Gasteiger partial charge in [-0.3, -0.25) is 4.21 Å². The Morgan fingerprint density at radius 2 is 1.64 bits per heavy atom. The van der Waals surface area contributed by atoms with Gasteiger partial charge in [0.1, 0.15) is 0 Å². The van der Waals surface area contributed by atoms with E-state index in [2.05, 4.69) is 13.8 Å². The zero-order chi connectivity index (χ0) is 8.43. The minimum Gasteiger partial charge on any atom is -0.260 e. The van der Waals surface area contributed by atoms with E-state index in [1.165, 1.54) is 19.3 Å². The van der Waals surface area contributed by atoms with Crippen molar-refractivity contribution in [2.24, 2.45) is 11.8 Å². The van der Waals surface area contributed by atoms with Crippen LogP contribution in [0.2, 0.25) is 0 Å². The molecule has 0 aromatic carbocycles. The summed E-state index contributed by atoms with van der Waals surface area (Å²) in [5.74, 6) is 1.34. The quantitative estimate of drug-likeness (QED) is 0.595. The summed E-state index contributed by atoms with van der Waals surface area (Å²) in [7, 11) is -0.612. The summed E-state index contributed by atoms with van der Waals surface area (Å²) in [5.41, 5.74) is 0. The van der Waals surface area contributed by atoms with Gasteiger partial charge in [-0.25, -0.2) is 0 Å². The van der Waals surface area contributed by atoms with Crippen molar-refractivity contribution in [3.63, 3.8) is 0 Å². The Hall–Kier alpha value is 0.150. The van der Waals surface area contributed by atoms with Crippen LogP contribution in [0.1, 0.15) is 33.1 Å². The van der Waals surface area contributed by atoms with Crippen LogP contribution in [-0.2, 0) is 10.8 Å². The molecule has 11 heavy (non-hydrogen) atoms. The molecule has 3 unspecified atom stereocenters. The molecular formula is C9H18OS. The highest BCUT2D eigenvalue weighted by Crippen LogP contribution is 2.31. The van der Waals surface area contributed by atoms with Gasteiger partial charge in [0.25, 0.3) is 0 Å². The predicted molar refractivity (Wildman–Crippen MR) is 50.0 cm³/mol.